The summed E-state index contributed by atoms with van der Waals surface area (Å²) in [5.41, 5.74) is 1.32. The Morgan fingerprint density at radius 1 is 1.43 bits per heavy atom. The first-order valence-electron chi connectivity index (χ1n) is 5.15. The molecule has 1 unspecified atom stereocenters. The molecule has 2 heteroatoms. The molecule has 0 spiro atoms. The highest BCUT2D eigenvalue weighted by Crippen LogP contribution is 2.14. The van der Waals surface area contributed by atoms with Gasteiger partial charge in [-0.3, -0.25) is 0 Å². The summed E-state index contributed by atoms with van der Waals surface area (Å²) >= 11 is 0. The van der Waals surface area contributed by atoms with Crippen LogP contribution in [0.5, 0.6) is 5.75 Å². The molecule has 14 heavy (non-hydrogen) atoms. The van der Waals surface area contributed by atoms with Crippen LogP contribution in [-0.4, -0.2) is 19.7 Å². The van der Waals surface area contributed by atoms with E-state index in [9.17, 15) is 0 Å². The van der Waals surface area contributed by atoms with E-state index < -0.39 is 0 Å². The third-order valence-corrected chi connectivity index (χ3v) is 2.24. The number of nitrogens with one attached hydrogen (secondary N) is 1. The first-order valence-corrected chi connectivity index (χ1v) is 5.15. The van der Waals surface area contributed by atoms with E-state index in [2.05, 4.69) is 24.4 Å². The van der Waals surface area contributed by atoms with Gasteiger partial charge in [0, 0.05) is 6.04 Å². The number of hydrogen-bond acceptors (Lipinski definition) is 2. The van der Waals surface area contributed by atoms with Gasteiger partial charge in [0.1, 0.15) is 5.75 Å². The Bertz CT molecular complexity index is 273. The molecule has 78 valence electrons. The zero-order valence-electron chi connectivity index (χ0n) is 9.21. The van der Waals surface area contributed by atoms with E-state index in [1.165, 1.54) is 5.56 Å². The number of likely N-dealkylation sites (N-methyl/N-ethyl adjacent to an activating group) is 1. The average molecular weight is 193 g/mol. The summed E-state index contributed by atoms with van der Waals surface area (Å²) in [4.78, 5) is 0. The second-order valence-corrected chi connectivity index (χ2v) is 3.47. The first kappa shape index (κ1) is 11.1. The fourth-order valence-electron chi connectivity index (χ4n) is 1.38. The van der Waals surface area contributed by atoms with Gasteiger partial charge < -0.3 is 10.1 Å². The number of benzene rings is 1. The lowest BCUT2D eigenvalue weighted by atomic mass is 10.1. The molecule has 1 atom stereocenters. The Labute approximate surface area is 86.3 Å². The zero-order valence-corrected chi connectivity index (χ0v) is 9.21. The molecule has 1 N–H and O–H groups in total. The molecule has 0 bridgehead atoms. The summed E-state index contributed by atoms with van der Waals surface area (Å²) in [6.07, 6.45) is 1.04. The van der Waals surface area contributed by atoms with Crippen molar-refractivity contribution in [3.05, 3.63) is 29.8 Å². The molecule has 1 aromatic carbocycles. The summed E-state index contributed by atoms with van der Waals surface area (Å²) in [6, 6.07) is 8.79. The molecule has 0 heterocycles. The maximum absolute atomic E-state index is 5.44. The average Bonchev–Trinajstić information content (AvgIpc) is 2.19. The molecule has 0 amide bonds. The van der Waals surface area contributed by atoms with Crippen LogP contribution in [0.15, 0.2) is 24.3 Å². The highest BCUT2D eigenvalue weighted by Gasteiger charge is 2.01. The van der Waals surface area contributed by atoms with E-state index in [1.807, 2.05) is 26.1 Å². The minimum Gasteiger partial charge on any atom is -0.494 e. The fourth-order valence-corrected chi connectivity index (χ4v) is 1.38. The van der Waals surface area contributed by atoms with Gasteiger partial charge in [0.25, 0.3) is 0 Å². The predicted molar refractivity (Wildman–Crippen MR) is 59.8 cm³/mol. The van der Waals surface area contributed by atoms with E-state index >= 15 is 0 Å². The van der Waals surface area contributed by atoms with Gasteiger partial charge in [-0.25, -0.2) is 0 Å². The van der Waals surface area contributed by atoms with Gasteiger partial charge in [0.15, 0.2) is 0 Å². The third kappa shape index (κ3) is 3.38. The second kappa shape index (κ2) is 5.66. The molecule has 0 aliphatic heterocycles. The van der Waals surface area contributed by atoms with Gasteiger partial charge in [-0.2, -0.15) is 0 Å². The van der Waals surface area contributed by atoms with Crippen molar-refractivity contribution >= 4 is 0 Å². The maximum atomic E-state index is 5.44. The summed E-state index contributed by atoms with van der Waals surface area (Å²) in [5.74, 6) is 0.966. The van der Waals surface area contributed by atoms with Crippen molar-refractivity contribution in [1.29, 1.82) is 0 Å². The highest BCUT2D eigenvalue weighted by atomic mass is 16.5. The van der Waals surface area contributed by atoms with Crippen molar-refractivity contribution in [2.45, 2.75) is 26.3 Å². The molecule has 0 radical (unpaired) electrons. The fraction of sp³-hybridized carbons (Fsp3) is 0.500. The Hall–Kier alpha value is -1.02. The minimum atomic E-state index is 0.506. The molecule has 1 rings (SSSR count). The van der Waals surface area contributed by atoms with Gasteiger partial charge in [-0.15, -0.1) is 0 Å². The van der Waals surface area contributed by atoms with E-state index in [0.29, 0.717) is 6.04 Å². The van der Waals surface area contributed by atoms with Crippen LogP contribution in [0.3, 0.4) is 0 Å². The van der Waals surface area contributed by atoms with Crippen molar-refractivity contribution in [3.63, 3.8) is 0 Å². The van der Waals surface area contributed by atoms with Crippen LogP contribution in [-0.2, 0) is 6.42 Å². The summed E-state index contributed by atoms with van der Waals surface area (Å²) < 4.78 is 5.44. The van der Waals surface area contributed by atoms with Crippen molar-refractivity contribution in [2.75, 3.05) is 13.7 Å². The first-order chi connectivity index (χ1) is 6.76. The summed E-state index contributed by atoms with van der Waals surface area (Å²) in [7, 11) is 1.98. The molecule has 0 aromatic heterocycles. The molecule has 0 saturated carbocycles. The van der Waals surface area contributed by atoms with Crippen molar-refractivity contribution < 1.29 is 4.74 Å². The van der Waals surface area contributed by atoms with Crippen LogP contribution < -0.4 is 10.1 Å². The molecule has 0 aliphatic rings. The molecule has 0 saturated heterocycles. The molecule has 1 aromatic rings. The van der Waals surface area contributed by atoms with Gasteiger partial charge in [-0.05, 0) is 45.0 Å². The molecule has 2 nitrogen and oxygen atoms in total. The third-order valence-electron chi connectivity index (χ3n) is 2.24. The normalized spacial score (nSPS) is 12.5. The van der Waals surface area contributed by atoms with Crippen LogP contribution in [0.25, 0.3) is 0 Å². The molecule has 0 fully saturated rings. The number of ether oxygens (including phenoxy) is 1. The van der Waals surface area contributed by atoms with Crippen LogP contribution >= 0.6 is 0 Å². The lowest BCUT2D eigenvalue weighted by Crippen LogP contribution is -2.23. The Morgan fingerprint density at radius 3 is 2.86 bits per heavy atom. The van der Waals surface area contributed by atoms with E-state index in [4.69, 9.17) is 4.74 Å². The summed E-state index contributed by atoms with van der Waals surface area (Å²) in [5, 5.41) is 3.22. The SMILES string of the molecule is CCOc1cccc(CC(C)NC)c1. The van der Waals surface area contributed by atoms with Gasteiger partial charge in [-0.1, -0.05) is 12.1 Å². The maximum Gasteiger partial charge on any atom is 0.119 e. The zero-order chi connectivity index (χ0) is 10.4. The minimum absolute atomic E-state index is 0.506. The number of rotatable bonds is 5. The largest absolute Gasteiger partial charge is 0.494 e. The summed E-state index contributed by atoms with van der Waals surface area (Å²) in [6.45, 7) is 4.90. The second-order valence-electron chi connectivity index (χ2n) is 3.47. The predicted octanol–water partition coefficient (Wildman–Crippen LogP) is 2.24. The molecular formula is C12H19NO. The van der Waals surface area contributed by atoms with E-state index in [1.54, 1.807) is 0 Å². The monoisotopic (exact) mass is 193 g/mol. The van der Waals surface area contributed by atoms with Crippen LogP contribution in [0, 0.1) is 0 Å². The van der Waals surface area contributed by atoms with Gasteiger partial charge in [0.2, 0.25) is 0 Å². The lowest BCUT2D eigenvalue weighted by Gasteiger charge is -2.11. The lowest BCUT2D eigenvalue weighted by molar-refractivity contribution is 0.340. The van der Waals surface area contributed by atoms with Crippen molar-refractivity contribution in [1.82, 2.24) is 5.32 Å². The Balaban J connectivity index is 2.63. The topological polar surface area (TPSA) is 21.3 Å². The van der Waals surface area contributed by atoms with Crippen LogP contribution in [0.1, 0.15) is 19.4 Å². The van der Waals surface area contributed by atoms with Crippen molar-refractivity contribution in [2.24, 2.45) is 0 Å². The number of hydrogen-bond donors (Lipinski definition) is 1. The van der Waals surface area contributed by atoms with Crippen molar-refractivity contribution in [3.8, 4) is 5.75 Å². The highest BCUT2D eigenvalue weighted by molar-refractivity contribution is 5.28. The van der Waals surface area contributed by atoms with E-state index in [0.717, 1.165) is 18.8 Å². The standard InChI is InChI=1S/C12H19NO/c1-4-14-12-7-5-6-11(9-12)8-10(2)13-3/h5-7,9-10,13H,4,8H2,1-3H3. The van der Waals surface area contributed by atoms with E-state index in [-0.39, 0.29) is 0 Å². The molecular weight excluding hydrogens is 174 g/mol. The van der Waals surface area contributed by atoms with Crippen LogP contribution in [0.4, 0.5) is 0 Å². The quantitative estimate of drug-likeness (QED) is 0.774. The molecule has 0 aliphatic carbocycles. The van der Waals surface area contributed by atoms with Gasteiger partial charge >= 0.3 is 0 Å². The smallest absolute Gasteiger partial charge is 0.119 e. The Kier molecular flexibility index (Phi) is 4.47. The van der Waals surface area contributed by atoms with Gasteiger partial charge in [0.05, 0.1) is 6.61 Å². The van der Waals surface area contributed by atoms with Crippen LogP contribution in [0.2, 0.25) is 0 Å². The Morgan fingerprint density at radius 2 is 2.21 bits per heavy atom.